The summed E-state index contributed by atoms with van der Waals surface area (Å²) in [7, 11) is 1.75. The Morgan fingerprint density at radius 2 is 1.93 bits per heavy atom. The lowest BCUT2D eigenvalue weighted by Crippen LogP contribution is -2.40. The van der Waals surface area contributed by atoms with Gasteiger partial charge in [-0.1, -0.05) is 29.4 Å². The summed E-state index contributed by atoms with van der Waals surface area (Å²) in [6, 6.07) is 12.2. The van der Waals surface area contributed by atoms with Gasteiger partial charge in [-0.15, -0.1) is 0 Å². The molecule has 2 atom stereocenters. The van der Waals surface area contributed by atoms with Crippen molar-refractivity contribution in [3.8, 4) is 5.75 Å². The molecule has 2 saturated heterocycles. The van der Waals surface area contributed by atoms with Crippen molar-refractivity contribution in [3.63, 3.8) is 0 Å². The van der Waals surface area contributed by atoms with Crippen molar-refractivity contribution in [3.05, 3.63) is 69.4 Å². The number of benzene rings is 1. The summed E-state index contributed by atoms with van der Waals surface area (Å²) in [6.45, 7) is 5.52. The minimum atomic E-state index is 0.689. The zero-order valence-corrected chi connectivity index (χ0v) is 17.4. The number of hydrogen-bond donors (Lipinski definition) is 0. The van der Waals surface area contributed by atoms with Crippen LogP contribution in [0.4, 0.5) is 0 Å². The third kappa shape index (κ3) is 3.90. The molecule has 2 bridgehead atoms. The van der Waals surface area contributed by atoms with Gasteiger partial charge in [-0.2, -0.15) is 11.3 Å². The van der Waals surface area contributed by atoms with E-state index in [1.165, 1.54) is 48.0 Å². The van der Waals surface area contributed by atoms with Crippen LogP contribution in [-0.4, -0.2) is 30.6 Å². The van der Waals surface area contributed by atoms with Crippen LogP contribution in [0.3, 0.4) is 0 Å². The monoisotopic (exact) mass is 379 g/mol. The van der Waals surface area contributed by atoms with E-state index in [-0.39, 0.29) is 0 Å². The minimum absolute atomic E-state index is 0.689. The van der Waals surface area contributed by atoms with Crippen LogP contribution in [0.1, 0.15) is 50.7 Å². The quantitative estimate of drug-likeness (QED) is 0.578. The number of piperidine rings is 1. The summed E-state index contributed by atoms with van der Waals surface area (Å²) in [5, 5.41) is 4.48. The molecule has 2 aromatic rings. The van der Waals surface area contributed by atoms with Crippen molar-refractivity contribution < 1.29 is 4.74 Å². The molecule has 2 aliphatic rings. The fraction of sp³-hybridized carbons (Fsp3) is 0.417. The molecule has 142 valence electrons. The first kappa shape index (κ1) is 18.5. The lowest BCUT2D eigenvalue weighted by Gasteiger charge is -2.36. The van der Waals surface area contributed by atoms with E-state index in [2.05, 4.69) is 59.8 Å². The number of fused-ring (bicyclic) bond motifs is 2. The first-order valence-electron chi connectivity index (χ1n) is 9.94. The van der Waals surface area contributed by atoms with E-state index in [9.17, 15) is 0 Å². The highest BCUT2D eigenvalue weighted by Gasteiger charge is 2.38. The predicted octanol–water partition coefficient (Wildman–Crippen LogP) is 6.15. The van der Waals surface area contributed by atoms with Crippen molar-refractivity contribution in [2.24, 2.45) is 0 Å². The van der Waals surface area contributed by atoms with E-state index < -0.39 is 0 Å². The maximum absolute atomic E-state index is 5.50. The topological polar surface area (TPSA) is 12.5 Å². The lowest BCUT2D eigenvalue weighted by molar-refractivity contribution is 0.186. The van der Waals surface area contributed by atoms with E-state index in [0.29, 0.717) is 12.1 Å². The van der Waals surface area contributed by atoms with Crippen LogP contribution in [0.25, 0.3) is 5.57 Å². The number of rotatable bonds is 5. The van der Waals surface area contributed by atoms with Crippen LogP contribution in [0.15, 0.2) is 58.3 Å². The molecular weight excluding hydrogens is 350 g/mol. The molecule has 0 amide bonds. The molecule has 1 aromatic heterocycles. The Morgan fingerprint density at radius 3 is 2.56 bits per heavy atom. The minimum Gasteiger partial charge on any atom is -0.497 e. The fourth-order valence-corrected chi connectivity index (χ4v) is 5.30. The molecule has 0 aliphatic carbocycles. The zero-order chi connectivity index (χ0) is 18.8. The Bertz CT molecular complexity index is 829. The molecule has 2 aliphatic heterocycles. The van der Waals surface area contributed by atoms with Crippen LogP contribution in [0.5, 0.6) is 5.75 Å². The molecule has 0 N–H and O–H groups in total. The van der Waals surface area contributed by atoms with E-state index >= 15 is 0 Å². The Morgan fingerprint density at radius 1 is 1.15 bits per heavy atom. The van der Waals surface area contributed by atoms with Crippen LogP contribution in [0.2, 0.25) is 0 Å². The van der Waals surface area contributed by atoms with Gasteiger partial charge in [0.05, 0.1) is 7.11 Å². The fourth-order valence-electron chi connectivity index (χ4n) is 4.66. The van der Waals surface area contributed by atoms with Crippen molar-refractivity contribution in [2.75, 3.05) is 13.7 Å². The Labute approximate surface area is 167 Å². The molecule has 3 heterocycles. The molecule has 27 heavy (non-hydrogen) atoms. The molecule has 1 aromatic carbocycles. The van der Waals surface area contributed by atoms with Gasteiger partial charge in [0.1, 0.15) is 5.75 Å². The van der Waals surface area contributed by atoms with E-state index in [1.54, 1.807) is 24.0 Å². The third-order valence-corrected chi connectivity index (χ3v) is 6.65. The molecule has 3 heteroatoms. The van der Waals surface area contributed by atoms with Crippen molar-refractivity contribution >= 4 is 16.9 Å². The average molecular weight is 380 g/mol. The van der Waals surface area contributed by atoms with Gasteiger partial charge in [0.2, 0.25) is 0 Å². The normalized spacial score (nSPS) is 22.0. The highest BCUT2D eigenvalue weighted by atomic mass is 32.1. The molecule has 0 spiro atoms. The van der Waals surface area contributed by atoms with Crippen LogP contribution in [0, 0.1) is 0 Å². The van der Waals surface area contributed by atoms with Crippen molar-refractivity contribution in [2.45, 2.75) is 51.6 Å². The molecule has 2 fully saturated rings. The van der Waals surface area contributed by atoms with Gasteiger partial charge in [0.25, 0.3) is 0 Å². The second-order valence-corrected chi connectivity index (χ2v) is 8.77. The molecule has 0 radical (unpaired) electrons. The predicted molar refractivity (Wildman–Crippen MR) is 116 cm³/mol. The van der Waals surface area contributed by atoms with Crippen LogP contribution >= 0.6 is 11.3 Å². The smallest absolute Gasteiger partial charge is 0.119 e. The van der Waals surface area contributed by atoms with E-state index in [0.717, 1.165) is 12.3 Å². The Kier molecular flexibility index (Phi) is 5.51. The first-order valence-corrected chi connectivity index (χ1v) is 10.9. The largest absolute Gasteiger partial charge is 0.497 e. The summed E-state index contributed by atoms with van der Waals surface area (Å²) < 4.78 is 5.50. The third-order valence-electron chi connectivity index (χ3n) is 5.97. The van der Waals surface area contributed by atoms with Gasteiger partial charge >= 0.3 is 0 Å². The Hall–Kier alpha value is -1.84. The lowest BCUT2D eigenvalue weighted by atomic mass is 9.86. The maximum atomic E-state index is 5.50. The molecule has 2 nitrogen and oxygen atoms in total. The molecule has 0 saturated carbocycles. The summed E-state index contributed by atoms with van der Waals surface area (Å²) in [6.07, 6.45) is 7.44. The molecule has 4 rings (SSSR count). The highest BCUT2D eigenvalue weighted by molar-refractivity contribution is 7.08. The number of allylic oxidation sites excluding steroid dienone is 1. The molecule has 2 unspecified atom stereocenters. The highest BCUT2D eigenvalue weighted by Crippen LogP contribution is 2.43. The summed E-state index contributed by atoms with van der Waals surface area (Å²) in [4.78, 5) is 2.74. The van der Waals surface area contributed by atoms with E-state index in [1.807, 2.05) is 6.07 Å². The second-order valence-electron chi connectivity index (χ2n) is 7.99. The first-order chi connectivity index (χ1) is 13.2. The van der Waals surface area contributed by atoms with Gasteiger partial charge in [-0.05, 0) is 85.2 Å². The van der Waals surface area contributed by atoms with Gasteiger partial charge in [-0.3, -0.25) is 4.90 Å². The summed E-state index contributed by atoms with van der Waals surface area (Å²) in [5.74, 6) is 0.935. The second kappa shape index (κ2) is 8.04. The van der Waals surface area contributed by atoms with Crippen LogP contribution < -0.4 is 4.74 Å². The SMILES string of the molecule is COc1cccc(C(=C2CC3CCC(C2)N3CC=C(C)C)c2ccsc2)c1. The standard InChI is InChI=1S/C24H29NOS/c1-17(2)9-11-25-21-7-8-22(25)14-20(13-21)24(19-10-12-27-16-19)18-5-4-6-23(15-18)26-3/h4-6,9-10,12,15-16,21-22H,7-8,11,13-14H2,1-3H3. The van der Waals surface area contributed by atoms with E-state index in [4.69, 9.17) is 4.74 Å². The zero-order valence-electron chi connectivity index (χ0n) is 16.6. The average Bonchev–Trinajstić information content (AvgIpc) is 3.27. The van der Waals surface area contributed by atoms with Gasteiger partial charge < -0.3 is 4.74 Å². The van der Waals surface area contributed by atoms with Crippen LogP contribution in [-0.2, 0) is 0 Å². The summed E-state index contributed by atoms with van der Waals surface area (Å²) in [5.41, 5.74) is 7.14. The van der Waals surface area contributed by atoms with Gasteiger partial charge in [0, 0.05) is 18.6 Å². The molecular formula is C24H29NOS. The van der Waals surface area contributed by atoms with Gasteiger partial charge in [-0.25, -0.2) is 0 Å². The Balaban J connectivity index is 1.71. The maximum Gasteiger partial charge on any atom is 0.119 e. The summed E-state index contributed by atoms with van der Waals surface area (Å²) >= 11 is 1.78. The number of ether oxygens (including phenoxy) is 1. The van der Waals surface area contributed by atoms with Gasteiger partial charge in [0.15, 0.2) is 0 Å². The number of thiophene rings is 1. The van der Waals surface area contributed by atoms with Crippen molar-refractivity contribution in [1.29, 1.82) is 0 Å². The number of hydrogen-bond acceptors (Lipinski definition) is 3. The van der Waals surface area contributed by atoms with Crippen molar-refractivity contribution in [1.82, 2.24) is 4.90 Å². The number of methoxy groups -OCH3 is 1. The number of nitrogens with zero attached hydrogens (tertiary/aromatic N) is 1.